The predicted octanol–water partition coefficient (Wildman–Crippen LogP) is 3.53. The van der Waals surface area contributed by atoms with E-state index in [0.29, 0.717) is 5.56 Å². The maximum atomic E-state index is 9.96. The molecule has 0 radical (unpaired) electrons. The standard InChI is InChI=1S/C17H26O4/c1-3-13-11-14(8-6-7-12(2)18)21-17(20-13)15-9-4-5-10-16(15)19/h4-5,9-10,12-14,17-19H,3,6-8,11H2,1-2H3/t12-,13?,14?,17?/m0/s1. The number of ether oxygens (including phenoxy) is 2. The average Bonchev–Trinajstić information content (AvgIpc) is 2.47. The first-order valence-electron chi connectivity index (χ1n) is 7.87. The Morgan fingerprint density at radius 2 is 1.95 bits per heavy atom. The van der Waals surface area contributed by atoms with E-state index in [1.54, 1.807) is 12.1 Å². The van der Waals surface area contributed by atoms with Gasteiger partial charge < -0.3 is 19.7 Å². The zero-order valence-electron chi connectivity index (χ0n) is 12.9. The number of benzene rings is 1. The number of phenolic OH excluding ortho intramolecular Hbond substituents is 1. The molecule has 3 unspecified atom stereocenters. The number of aliphatic hydroxyl groups is 1. The van der Waals surface area contributed by atoms with Crippen molar-refractivity contribution in [1.29, 1.82) is 0 Å². The van der Waals surface area contributed by atoms with Crippen LogP contribution in [0.15, 0.2) is 24.3 Å². The molecule has 1 aliphatic heterocycles. The Kier molecular flexibility index (Phi) is 6.03. The maximum absolute atomic E-state index is 9.96. The number of hydrogen-bond donors (Lipinski definition) is 2. The van der Waals surface area contributed by atoms with Crippen molar-refractivity contribution >= 4 is 0 Å². The molecule has 0 aliphatic carbocycles. The van der Waals surface area contributed by atoms with E-state index in [2.05, 4.69) is 6.92 Å². The van der Waals surface area contributed by atoms with Crippen molar-refractivity contribution in [3.63, 3.8) is 0 Å². The first-order chi connectivity index (χ1) is 10.1. The second kappa shape index (κ2) is 7.78. The van der Waals surface area contributed by atoms with Gasteiger partial charge in [-0.2, -0.15) is 0 Å². The van der Waals surface area contributed by atoms with E-state index in [1.807, 2.05) is 19.1 Å². The molecule has 1 aromatic carbocycles. The summed E-state index contributed by atoms with van der Waals surface area (Å²) in [5, 5.41) is 19.3. The fourth-order valence-corrected chi connectivity index (χ4v) is 2.71. The first-order valence-corrected chi connectivity index (χ1v) is 7.87. The molecule has 4 heteroatoms. The molecule has 4 atom stereocenters. The largest absolute Gasteiger partial charge is 0.507 e. The van der Waals surface area contributed by atoms with Crippen LogP contribution in [0.5, 0.6) is 5.75 Å². The number of rotatable bonds is 6. The average molecular weight is 294 g/mol. The highest BCUT2D eigenvalue weighted by Gasteiger charge is 2.31. The van der Waals surface area contributed by atoms with Gasteiger partial charge in [0.15, 0.2) is 6.29 Å². The number of hydrogen-bond acceptors (Lipinski definition) is 4. The molecule has 2 N–H and O–H groups in total. The van der Waals surface area contributed by atoms with Crippen LogP contribution in [0.3, 0.4) is 0 Å². The van der Waals surface area contributed by atoms with Crippen LogP contribution in [0.25, 0.3) is 0 Å². The van der Waals surface area contributed by atoms with Gasteiger partial charge >= 0.3 is 0 Å². The van der Waals surface area contributed by atoms with Gasteiger partial charge in [-0.25, -0.2) is 0 Å². The quantitative estimate of drug-likeness (QED) is 0.842. The first kappa shape index (κ1) is 16.3. The minimum absolute atomic E-state index is 0.118. The Bertz CT molecular complexity index is 433. The lowest BCUT2D eigenvalue weighted by Gasteiger charge is -2.36. The molecule has 0 saturated carbocycles. The van der Waals surface area contributed by atoms with Crippen LogP contribution in [0.2, 0.25) is 0 Å². The highest BCUT2D eigenvalue weighted by Crippen LogP contribution is 2.36. The highest BCUT2D eigenvalue weighted by atomic mass is 16.7. The molecule has 0 spiro atoms. The van der Waals surface area contributed by atoms with E-state index in [1.165, 1.54) is 0 Å². The van der Waals surface area contributed by atoms with Gasteiger partial charge in [-0.1, -0.05) is 25.1 Å². The molecule has 21 heavy (non-hydrogen) atoms. The van der Waals surface area contributed by atoms with Crippen molar-refractivity contribution in [3.8, 4) is 5.75 Å². The summed E-state index contributed by atoms with van der Waals surface area (Å²) in [6, 6.07) is 7.16. The summed E-state index contributed by atoms with van der Waals surface area (Å²) in [4.78, 5) is 0. The lowest BCUT2D eigenvalue weighted by atomic mass is 10.0. The number of aliphatic hydroxyl groups excluding tert-OH is 1. The summed E-state index contributed by atoms with van der Waals surface area (Å²) in [6.45, 7) is 3.91. The summed E-state index contributed by atoms with van der Waals surface area (Å²) >= 11 is 0. The van der Waals surface area contributed by atoms with Crippen molar-refractivity contribution in [2.75, 3.05) is 0 Å². The van der Waals surface area contributed by atoms with Gasteiger partial charge in [-0.3, -0.25) is 0 Å². The molecular weight excluding hydrogens is 268 g/mol. The second-order valence-corrected chi connectivity index (χ2v) is 5.83. The van der Waals surface area contributed by atoms with Gasteiger partial charge in [-0.05, 0) is 38.7 Å². The molecule has 1 aliphatic rings. The summed E-state index contributed by atoms with van der Waals surface area (Å²) in [5.41, 5.74) is 0.691. The van der Waals surface area contributed by atoms with Gasteiger partial charge in [0.05, 0.1) is 18.3 Å². The molecule has 4 nitrogen and oxygen atoms in total. The van der Waals surface area contributed by atoms with E-state index in [0.717, 1.165) is 32.1 Å². The Morgan fingerprint density at radius 3 is 2.62 bits per heavy atom. The highest BCUT2D eigenvalue weighted by molar-refractivity contribution is 5.32. The molecule has 0 bridgehead atoms. The molecule has 1 saturated heterocycles. The third kappa shape index (κ3) is 4.70. The number of para-hydroxylation sites is 1. The van der Waals surface area contributed by atoms with Crippen LogP contribution < -0.4 is 0 Å². The SMILES string of the molecule is CCC1CC(CCC[C@H](C)O)OC(c2ccccc2O)O1. The normalized spacial score (nSPS) is 27.5. The summed E-state index contributed by atoms with van der Waals surface area (Å²) in [6.07, 6.45) is 3.95. The zero-order valence-corrected chi connectivity index (χ0v) is 12.9. The lowest BCUT2D eigenvalue weighted by Crippen LogP contribution is -2.33. The van der Waals surface area contributed by atoms with Crippen molar-refractivity contribution in [2.45, 2.75) is 70.6 Å². The number of phenols is 1. The van der Waals surface area contributed by atoms with Crippen molar-refractivity contribution in [1.82, 2.24) is 0 Å². The Labute approximate surface area is 126 Å². The molecule has 1 aromatic rings. The van der Waals surface area contributed by atoms with Crippen LogP contribution >= 0.6 is 0 Å². The smallest absolute Gasteiger partial charge is 0.188 e. The van der Waals surface area contributed by atoms with Gasteiger partial charge in [0.1, 0.15) is 5.75 Å². The molecule has 1 fully saturated rings. The fraction of sp³-hybridized carbons (Fsp3) is 0.647. The van der Waals surface area contributed by atoms with Crippen LogP contribution in [-0.4, -0.2) is 28.5 Å². The topological polar surface area (TPSA) is 58.9 Å². The maximum Gasteiger partial charge on any atom is 0.188 e. The van der Waals surface area contributed by atoms with E-state index in [-0.39, 0.29) is 24.1 Å². The van der Waals surface area contributed by atoms with E-state index in [4.69, 9.17) is 9.47 Å². The molecular formula is C17H26O4. The van der Waals surface area contributed by atoms with Crippen LogP contribution in [0.1, 0.15) is 57.8 Å². The summed E-state index contributed by atoms with van der Waals surface area (Å²) in [7, 11) is 0. The zero-order chi connectivity index (χ0) is 15.2. The number of aromatic hydroxyl groups is 1. The summed E-state index contributed by atoms with van der Waals surface area (Å²) < 4.78 is 11.9. The van der Waals surface area contributed by atoms with Crippen LogP contribution in [-0.2, 0) is 9.47 Å². The molecule has 118 valence electrons. The second-order valence-electron chi connectivity index (χ2n) is 5.83. The molecule has 2 rings (SSSR count). The minimum atomic E-state index is -0.499. The van der Waals surface area contributed by atoms with Crippen molar-refractivity contribution < 1.29 is 19.7 Å². The van der Waals surface area contributed by atoms with Gasteiger partial charge in [-0.15, -0.1) is 0 Å². The van der Waals surface area contributed by atoms with Crippen molar-refractivity contribution in [3.05, 3.63) is 29.8 Å². The van der Waals surface area contributed by atoms with Crippen LogP contribution in [0, 0.1) is 0 Å². The summed E-state index contributed by atoms with van der Waals surface area (Å²) in [5.74, 6) is 0.210. The van der Waals surface area contributed by atoms with Crippen molar-refractivity contribution in [2.24, 2.45) is 0 Å². The molecule has 0 amide bonds. The predicted molar refractivity (Wildman–Crippen MR) is 81.0 cm³/mol. The monoisotopic (exact) mass is 294 g/mol. The Hall–Kier alpha value is -1.10. The van der Waals surface area contributed by atoms with E-state index < -0.39 is 6.29 Å². The third-order valence-corrected chi connectivity index (χ3v) is 3.95. The van der Waals surface area contributed by atoms with Crippen LogP contribution in [0.4, 0.5) is 0 Å². The minimum Gasteiger partial charge on any atom is -0.507 e. The lowest BCUT2D eigenvalue weighted by molar-refractivity contribution is -0.249. The third-order valence-electron chi connectivity index (χ3n) is 3.95. The molecule has 0 aromatic heterocycles. The fourth-order valence-electron chi connectivity index (χ4n) is 2.71. The molecule has 1 heterocycles. The van der Waals surface area contributed by atoms with Gasteiger partial charge in [0.25, 0.3) is 0 Å². The Balaban J connectivity index is 2.00. The van der Waals surface area contributed by atoms with E-state index >= 15 is 0 Å². The van der Waals surface area contributed by atoms with Gasteiger partial charge in [0.2, 0.25) is 0 Å². The Morgan fingerprint density at radius 1 is 1.24 bits per heavy atom. The van der Waals surface area contributed by atoms with Gasteiger partial charge in [0, 0.05) is 12.0 Å². The van der Waals surface area contributed by atoms with E-state index in [9.17, 15) is 10.2 Å².